The van der Waals surface area contributed by atoms with Crippen LogP contribution in [0.2, 0.25) is 0 Å². The van der Waals surface area contributed by atoms with Gasteiger partial charge in [-0.2, -0.15) is 0 Å². The molecule has 0 bridgehead atoms. The van der Waals surface area contributed by atoms with Gasteiger partial charge in [0.25, 0.3) is 5.91 Å². The molecular weight excluding hydrogens is 388 g/mol. The number of thioether (sulfide) groups is 1. The summed E-state index contributed by atoms with van der Waals surface area (Å²) < 4.78 is 5.15. The normalized spacial score (nSPS) is 10.3. The van der Waals surface area contributed by atoms with Crippen LogP contribution in [-0.2, 0) is 20.7 Å². The van der Waals surface area contributed by atoms with Crippen LogP contribution in [0.1, 0.15) is 21.5 Å². The van der Waals surface area contributed by atoms with Crippen molar-refractivity contribution in [1.29, 1.82) is 0 Å². The van der Waals surface area contributed by atoms with E-state index in [0.717, 1.165) is 0 Å². The van der Waals surface area contributed by atoms with E-state index < -0.39 is 5.97 Å². The van der Waals surface area contributed by atoms with E-state index in [1.54, 1.807) is 38.4 Å². The molecule has 0 radical (unpaired) electrons. The Hall–Kier alpha value is -2.80. The molecule has 0 aliphatic heterocycles. The van der Waals surface area contributed by atoms with Crippen molar-refractivity contribution >= 4 is 29.5 Å². The van der Waals surface area contributed by atoms with Gasteiger partial charge in [0.1, 0.15) is 0 Å². The van der Waals surface area contributed by atoms with Crippen molar-refractivity contribution in [2.45, 2.75) is 18.2 Å². The second-order valence-electron chi connectivity index (χ2n) is 6.68. The largest absolute Gasteiger partial charge is 0.452 e. The minimum absolute atomic E-state index is 0.0498. The van der Waals surface area contributed by atoms with Crippen molar-refractivity contribution in [2.24, 2.45) is 0 Å². The SMILES string of the molecule is Cc1ccccc1CCNC(=O)COC(=O)c1ccccc1SCC(=O)N(C)C. The Balaban J connectivity index is 1.82. The molecule has 2 rings (SSSR count). The number of ether oxygens (including phenoxy) is 1. The van der Waals surface area contributed by atoms with E-state index in [1.165, 1.54) is 27.8 Å². The van der Waals surface area contributed by atoms with Crippen molar-refractivity contribution < 1.29 is 19.1 Å². The monoisotopic (exact) mass is 414 g/mol. The van der Waals surface area contributed by atoms with Crippen LogP contribution in [0.25, 0.3) is 0 Å². The Morgan fingerprint density at radius 1 is 1.03 bits per heavy atom. The fraction of sp³-hybridized carbons (Fsp3) is 0.318. The second-order valence-corrected chi connectivity index (χ2v) is 7.69. The molecule has 0 heterocycles. The maximum Gasteiger partial charge on any atom is 0.339 e. The molecule has 0 atom stereocenters. The highest BCUT2D eigenvalue weighted by molar-refractivity contribution is 8.00. The Morgan fingerprint density at radius 2 is 1.72 bits per heavy atom. The first-order chi connectivity index (χ1) is 13.9. The van der Waals surface area contributed by atoms with Crippen LogP contribution in [0.4, 0.5) is 0 Å². The molecule has 2 aromatic carbocycles. The first-order valence-corrected chi connectivity index (χ1v) is 10.3. The van der Waals surface area contributed by atoms with E-state index in [2.05, 4.69) is 5.32 Å². The molecule has 6 nitrogen and oxygen atoms in total. The van der Waals surface area contributed by atoms with E-state index in [4.69, 9.17) is 4.74 Å². The lowest BCUT2D eigenvalue weighted by atomic mass is 10.1. The summed E-state index contributed by atoms with van der Waals surface area (Å²) in [7, 11) is 3.36. The number of esters is 1. The molecule has 7 heteroatoms. The number of carbonyl (C=O) groups excluding carboxylic acids is 3. The van der Waals surface area contributed by atoms with Gasteiger partial charge >= 0.3 is 5.97 Å². The van der Waals surface area contributed by atoms with Crippen LogP contribution in [0.5, 0.6) is 0 Å². The molecule has 29 heavy (non-hydrogen) atoms. The summed E-state index contributed by atoms with van der Waals surface area (Å²) in [4.78, 5) is 38.3. The summed E-state index contributed by atoms with van der Waals surface area (Å²) in [5.41, 5.74) is 2.69. The Bertz CT molecular complexity index is 867. The molecule has 0 unspecified atom stereocenters. The number of rotatable bonds is 9. The molecule has 0 aliphatic carbocycles. The highest BCUT2D eigenvalue weighted by Crippen LogP contribution is 2.23. The molecule has 2 aromatic rings. The molecule has 0 spiro atoms. The highest BCUT2D eigenvalue weighted by atomic mass is 32.2. The Labute approximate surface area is 175 Å². The maximum absolute atomic E-state index is 12.4. The minimum atomic E-state index is -0.584. The number of carbonyl (C=O) groups is 3. The quantitative estimate of drug-likeness (QED) is 0.504. The summed E-state index contributed by atoms with van der Waals surface area (Å²) in [6.07, 6.45) is 0.714. The average molecular weight is 415 g/mol. The lowest BCUT2D eigenvalue weighted by Gasteiger charge is -2.12. The number of amides is 2. The maximum atomic E-state index is 12.4. The third kappa shape index (κ3) is 7.27. The predicted molar refractivity (Wildman–Crippen MR) is 114 cm³/mol. The summed E-state index contributed by atoms with van der Waals surface area (Å²) in [5.74, 6) is -0.762. The van der Waals surface area contributed by atoms with Crippen LogP contribution < -0.4 is 5.32 Å². The van der Waals surface area contributed by atoms with Crippen molar-refractivity contribution in [3.05, 3.63) is 65.2 Å². The number of hydrogen-bond donors (Lipinski definition) is 1. The van der Waals surface area contributed by atoms with Crippen LogP contribution in [0, 0.1) is 6.92 Å². The van der Waals surface area contributed by atoms with Gasteiger partial charge in [-0.05, 0) is 36.6 Å². The van der Waals surface area contributed by atoms with Gasteiger partial charge in [-0.1, -0.05) is 36.4 Å². The summed E-state index contributed by atoms with van der Waals surface area (Å²) in [5, 5.41) is 2.76. The number of benzene rings is 2. The third-order valence-corrected chi connectivity index (χ3v) is 5.33. The summed E-state index contributed by atoms with van der Waals surface area (Å²) in [6, 6.07) is 14.9. The lowest BCUT2D eigenvalue weighted by molar-refractivity contribution is -0.126. The molecule has 0 saturated carbocycles. The highest BCUT2D eigenvalue weighted by Gasteiger charge is 2.16. The average Bonchev–Trinajstić information content (AvgIpc) is 2.71. The van der Waals surface area contributed by atoms with Crippen LogP contribution in [0.3, 0.4) is 0 Å². The van der Waals surface area contributed by atoms with Crippen molar-refractivity contribution in [3.8, 4) is 0 Å². The van der Waals surface area contributed by atoms with Gasteiger partial charge in [0.05, 0.1) is 11.3 Å². The topological polar surface area (TPSA) is 75.7 Å². The third-order valence-electron chi connectivity index (χ3n) is 4.27. The lowest BCUT2D eigenvalue weighted by Crippen LogP contribution is -2.30. The first kappa shape index (κ1) is 22.5. The molecule has 0 fully saturated rings. The molecule has 2 amide bonds. The van der Waals surface area contributed by atoms with Gasteiger partial charge in [-0.25, -0.2) is 4.79 Å². The van der Waals surface area contributed by atoms with E-state index in [1.807, 2.05) is 31.2 Å². The van der Waals surface area contributed by atoms with Gasteiger partial charge in [-0.15, -0.1) is 11.8 Å². The van der Waals surface area contributed by atoms with Crippen LogP contribution in [-0.4, -0.2) is 55.7 Å². The van der Waals surface area contributed by atoms with E-state index >= 15 is 0 Å². The molecule has 1 N–H and O–H groups in total. The fourth-order valence-electron chi connectivity index (χ4n) is 2.52. The summed E-state index contributed by atoms with van der Waals surface area (Å²) >= 11 is 1.27. The Kier molecular flexibility index (Phi) is 8.73. The van der Waals surface area contributed by atoms with Crippen molar-refractivity contribution in [2.75, 3.05) is 33.0 Å². The standard InChI is InChI=1S/C22H26N2O4S/c1-16-8-4-5-9-17(16)12-13-23-20(25)14-28-22(27)18-10-6-7-11-19(18)29-15-21(26)24(2)3/h4-11H,12-15H2,1-3H3,(H,23,25). The zero-order valence-corrected chi connectivity index (χ0v) is 17.8. The Morgan fingerprint density at radius 3 is 2.45 bits per heavy atom. The number of aryl methyl sites for hydroxylation is 1. The molecular formula is C22H26N2O4S. The van der Waals surface area contributed by atoms with Gasteiger partial charge in [0.15, 0.2) is 6.61 Å². The van der Waals surface area contributed by atoms with Crippen LogP contribution >= 0.6 is 11.8 Å². The van der Waals surface area contributed by atoms with E-state index in [0.29, 0.717) is 23.4 Å². The second kappa shape index (κ2) is 11.3. The number of nitrogens with one attached hydrogen (secondary N) is 1. The number of nitrogens with zero attached hydrogens (tertiary/aromatic N) is 1. The zero-order valence-electron chi connectivity index (χ0n) is 16.9. The first-order valence-electron chi connectivity index (χ1n) is 9.28. The van der Waals surface area contributed by atoms with E-state index in [9.17, 15) is 14.4 Å². The predicted octanol–water partition coefficient (Wildman–Crippen LogP) is 2.69. The van der Waals surface area contributed by atoms with E-state index in [-0.39, 0.29) is 24.2 Å². The fourth-order valence-corrected chi connectivity index (χ4v) is 3.54. The van der Waals surface area contributed by atoms with Gasteiger partial charge < -0.3 is 15.0 Å². The van der Waals surface area contributed by atoms with Crippen molar-refractivity contribution in [1.82, 2.24) is 10.2 Å². The van der Waals surface area contributed by atoms with Gasteiger partial charge in [0.2, 0.25) is 5.91 Å². The molecule has 154 valence electrons. The summed E-state index contributed by atoms with van der Waals surface area (Å²) in [6.45, 7) is 2.16. The molecule has 0 saturated heterocycles. The smallest absolute Gasteiger partial charge is 0.339 e. The molecule has 0 aliphatic rings. The van der Waals surface area contributed by atoms with Gasteiger partial charge in [-0.3, -0.25) is 9.59 Å². The van der Waals surface area contributed by atoms with Gasteiger partial charge in [0, 0.05) is 25.5 Å². The minimum Gasteiger partial charge on any atom is -0.452 e. The molecule has 0 aromatic heterocycles. The zero-order chi connectivity index (χ0) is 21.2. The van der Waals surface area contributed by atoms with Crippen LogP contribution in [0.15, 0.2) is 53.4 Å². The number of hydrogen-bond acceptors (Lipinski definition) is 5. The van der Waals surface area contributed by atoms with Crippen molar-refractivity contribution in [3.63, 3.8) is 0 Å².